The van der Waals surface area contributed by atoms with E-state index in [1.165, 1.54) is 11.3 Å². The van der Waals surface area contributed by atoms with Crippen molar-refractivity contribution in [3.05, 3.63) is 40.2 Å². The van der Waals surface area contributed by atoms with Crippen molar-refractivity contribution in [2.24, 2.45) is 0 Å². The van der Waals surface area contributed by atoms with Crippen molar-refractivity contribution in [3.8, 4) is 6.07 Å². The van der Waals surface area contributed by atoms with E-state index >= 15 is 0 Å². The lowest BCUT2D eigenvalue weighted by atomic mass is 10.2. The fourth-order valence-electron chi connectivity index (χ4n) is 2.52. The fourth-order valence-corrected chi connectivity index (χ4v) is 3.33. The topological polar surface area (TPSA) is 73.1 Å². The number of amides is 1. The van der Waals surface area contributed by atoms with Crippen LogP contribution in [0.15, 0.2) is 29.8 Å². The third-order valence-corrected chi connectivity index (χ3v) is 4.55. The number of hydrogen-bond acceptors (Lipinski definition) is 6. The maximum Gasteiger partial charge on any atom is 0.265 e. The van der Waals surface area contributed by atoms with E-state index in [2.05, 4.69) is 21.2 Å². The smallest absolute Gasteiger partial charge is 0.265 e. The van der Waals surface area contributed by atoms with Gasteiger partial charge in [-0.2, -0.15) is 10.4 Å². The Labute approximate surface area is 132 Å². The molecule has 0 N–H and O–H groups in total. The molecule has 3 rings (SSSR count). The summed E-state index contributed by atoms with van der Waals surface area (Å²) >= 11 is 1.33. The van der Waals surface area contributed by atoms with Crippen LogP contribution in [0.5, 0.6) is 0 Å². The Morgan fingerprint density at radius 2 is 2.18 bits per heavy atom. The zero-order valence-electron chi connectivity index (χ0n) is 12.0. The summed E-state index contributed by atoms with van der Waals surface area (Å²) in [5.41, 5.74) is 0.463. The van der Waals surface area contributed by atoms with E-state index in [0.29, 0.717) is 23.5 Å². The molecule has 3 heterocycles. The average Bonchev–Trinajstić information content (AvgIpc) is 2.91. The van der Waals surface area contributed by atoms with Gasteiger partial charge in [0.25, 0.3) is 5.91 Å². The number of carbonyl (C=O) groups is 1. The van der Waals surface area contributed by atoms with Crippen LogP contribution >= 0.6 is 11.3 Å². The van der Waals surface area contributed by atoms with Crippen LogP contribution in [0.2, 0.25) is 0 Å². The van der Waals surface area contributed by atoms with Gasteiger partial charge in [0.15, 0.2) is 5.82 Å². The first-order valence-corrected chi connectivity index (χ1v) is 7.97. The van der Waals surface area contributed by atoms with Crippen molar-refractivity contribution in [1.82, 2.24) is 15.1 Å². The molecule has 112 valence electrons. The lowest BCUT2D eigenvalue weighted by Gasteiger charge is -2.22. The Kier molecular flexibility index (Phi) is 4.30. The van der Waals surface area contributed by atoms with Gasteiger partial charge in [-0.15, -0.1) is 16.4 Å². The van der Waals surface area contributed by atoms with E-state index in [1.807, 2.05) is 17.0 Å². The number of thiophene rings is 1. The van der Waals surface area contributed by atoms with Crippen LogP contribution in [0.25, 0.3) is 0 Å². The monoisotopic (exact) mass is 313 g/mol. The van der Waals surface area contributed by atoms with Crippen LogP contribution in [-0.4, -0.2) is 47.2 Å². The van der Waals surface area contributed by atoms with Crippen molar-refractivity contribution in [2.75, 3.05) is 31.1 Å². The minimum absolute atomic E-state index is 0.0486. The van der Waals surface area contributed by atoms with Crippen LogP contribution < -0.4 is 4.90 Å². The lowest BCUT2D eigenvalue weighted by Crippen LogP contribution is -2.35. The van der Waals surface area contributed by atoms with Crippen LogP contribution in [0.3, 0.4) is 0 Å². The summed E-state index contributed by atoms with van der Waals surface area (Å²) < 4.78 is 0. The van der Waals surface area contributed by atoms with Gasteiger partial charge in [0.05, 0.1) is 5.56 Å². The number of nitriles is 1. The molecule has 1 aliphatic heterocycles. The van der Waals surface area contributed by atoms with Gasteiger partial charge in [-0.25, -0.2) is 0 Å². The lowest BCUT2D eigenvalue weighted by molar-refractivity contribution is 0.0771. The SMILES string of the molecule is N#Cc1ccsc1C(=O)N1CCCN(c2cccnn2)CC1. The molecule has 2 aromatic heterocycles. The molecule has 0 aliphatic carbocycles. The molecule has 2 aromatic rings. The van der Waals surface area contributed by atoms with Gasteiger partial charge < -0.3 is 9.80 Å². The first kappa shape index (κ1) is 14.5. The van der Waals surface area contributed by atoms with Gasteiger partial charge in [0.2, 0.25) is 0 Å². The summed E-state index contributed by atoms with van der Waals surface area (Å²) in [5.74, 6) is 0.790. The Balaban J connectivity index is 1.71. The molecule has 7 heteroatoms. The Bertz CT molecular complexity index is 693. The predicted octanol–water partition coefficient (Wildman–Crippen LogP) is 1.76. The van der Waals surface area contributed by atoms with Crippen LogP contribution in [-0.2, 0) is 0 Å². The molecule has 1 aliphatic rings. The highest BCUT2D eigenvalue weighted by Crippen LogP contribution is 2.20. The van der Waals surface area contributed by atoms with Gasteiger partial charge in [0.1, 0.15) is 10.9 Å². The number of carbonyl (C=O) groups excluding carboxylic acids is 1. The van der Waals surface area contributed by atoms with Crippen molar-refractivity contribution in [3.63, 3.8) is 0 Å². The normalized spacial score (nSPS) is 15.2. The predicted molar refractivity (Wildman–Crippen MR) is 83.8 cm³/mol. The second kappa shape index (κ2) is 6.54. The molecule has 1 fully saturated rings. The van der Waals surface area contributed by atoms with Gasteiger partial charge in [-0.1, -0.05) is 0 Å². The highest BCUT2D eigenvalue weighted by Gasteiger charge is 2.23. The van der Waals surface area contributed by atoms with E-state index in [1.54, 1.807) is 17.6 Å². The van der Waals surface area contributed by atoms with Gasteiger partial charge in [-0.05, 0) is 30.0 Å². The third-order valence-electron chi connectivity index (χ3n) is 3.65. The van der Waals surface area contributed by atoms with Crippen LogP contribution in [0.4, 0.5) is 5.82 Å². The third kappa shape index (κ3) is 2.92. The molecule has 0 spiro atoms. The summed E-state index contributed by atoms with van der Waals surface area (Å²) in [6, 6.07) is 7.57. The molecule has 1 amide bonds. The zero-order chi connectivity index (χ0) is 15.4. The Hall–Kier alpha value is -2.46. The summed E-state index contributed by atoms with van der Waals surface area (Å²) in [6.45, 7) is 2.88. The summed E-state index contributed by atoms with van der Waals surface area (Å²) in [6.07, 6.45) is 2.52. The fraction of sp³-hybridized carbons (Fsp3) is 0.333. The molecular formula is C15H15N5OS. The summed E-state index contributed by atoms with van der Waals surface area (Å²) in [5, 5.41) is 18.9. The van der Waals surface area contributed by atoms with Crippen molar-refractivity contribution in [1.29, 1.82) is 5.26 Å². The standard InChI is InChI=1S/C15H15N5OS/c16-11-12-4-10-22-14(12)15(21)20-7-2-6-19(8-9-20)13-3-1-5-17-18-13/h1,3-5,10H,2,6-9H2. The molecule has 6 nitrogen and oxygen atoms in total. The molecule has 0 radical (unpaired) electrons. The molecular weight excluding hydrogens is 298 g/mol. The maximum absolute atomic E-state index is 12.6. The Morgan fingerprint density at radius 1 is 1.27 bits per heavy atom. The van der Waals surface area contributed by atoms with Crippen molar-refractivity contribution < 1.29 is 4.79 Å². The molecule has 0 saturated carbocycles. The summed E-state index contributed by atoms with van der Waals surface area (Å²) in [7, 11) is 0. The second-order valence-electron chi connectivity index (χ2n) is 4.99. The van der Waals surface area contributed by atoms with E-state index in [0.717, 1.165) is 25.3 Å². The highest BCUT2D eigenvalue weighted by atomic mass is 32.1. The molecule has 1 saturated heterocycles. The largest absolute Gasteiger partial charge is 0.353 e. The number of aromatic nitrogens is 2. The van der Waals surface area contributed by atoms with Gasteiger partial charge in [-0.3, -0.25) is 4.79 Å². The van der Waals surface area contributed by atoms with Crippen molar-refractivity contribution in [2.45, 2.75) is 6.42 Å². The molecule has 0 aromatic carbocycles. The summed E-state index contributed by atoms with van der Waals surface area (Å²) in [4.78, 5) is 17.1. The zero-order valence-corrected chi connectivity index (χ0v) is 12.8. The van der Waals surface area contributed by atoms with Crippen molar-refractivity contribution >= 4 is 23.1 Å². The van der Waals surface area contributed by atoms with Gasteiger partial charge >= 0.3 is 0 Å². The van der Waals surface area contributed by atoms with Crippen LogP contribution in [0.1, 0.15) is 21.7 Å². The van der Waals surface area contributed by atoms with Crippen LogP contribution in [0, 0.1) is 11.3 Å². The van der Waals surface area contributed by atoms with E-state index in [4.69, 9.17) is 5.26 Å². The quantitative estimate of drug-likeness (QED) is 0.844. The molecule has 22 heavy (non-hydrogen) atoms. The second-order valence-corrected chi connectivity index (χ2v) is 5.91. The minimum Gasteiger partial charge on any atom is -0.353 e. The first-order chi connectivity index (χ1) is 10.8. The molecule has 0 unspecified atom stereocenters. The average molecular weight is 313 g/mol. The number of rotatable bonds is 2. The Morgan fingerprint density at radius 3 is 2.95 bits per heavy atom. The van der Waals surface area contributed by atoms with E-state index < -0.39 is 0 Å². The van der Waals surface area contributed by atoms with E-state index in [-0.39, 0.29) is 5.91 Å². The highest BCUT2D eigenvalue weighted by molar-refractivity contribution is 7.12. The molecule has 0 atom stereocenters. The first-order valence-electron chi connectivity index (χ1n) is 7.09. The minimum atomic E-state index is -0.0486. The van der Waals surface area contributed by atoms with Gasteiger partial charge in [0, 0.05) is 32.4 Å². The number of anilines is 1. The number of nitrogens with zero attached hydrogens (tertiary/aromatic N) is 5. The van der Waals surface area contributed by atoms with E-state index in [9.17, 15) is 4.79 Å². The maximum atomic E-state index is 12.6. The number of hydrogen-bond donors (Lipinski definition) is 0. The molecule has 0 bridgehead atoms.